The van der Waals surface area contributed by atoms with E-state index in [4.69, 9.17) is 5.73 Å². The van der Waals surface area contributed by atoms with E-state index in [0.29, 0.717) is 12.0 Å². The summed E-state index contributed by atoms with van der Waals surface area (Å²) >= 11 is 0. The van der Waals surface area contributed by atoms with Crippen LogP contribution in [0.2, 0.25) is 0 Å². The standard InChI is InChI=1S/C13H24N6/c1-13(2,3)18-10-7-11(17-12(14)16-10)19-6-5-9(8-19)15-4/h7,9,15H,5-6,8H2,1-4H3,(H3,14,16,17,18)/t9-/m0/s1. The minimum Gasteiger partial charge on any atom is -0.368 e. The molecule has 1 aromatic heterocycles. The molecule has 1 aromatic rings. The fourth-order valence-corrected chi connectivity index (χ4v) is 2.27. The zero-order valence-corrected chi connectivity index (χ0v) is 12.2. The quantitative estimate of drug-likeness (QED) is 0.758. The van der Waals surface area contributed by atoms with Crippen molar-refractivity contribution in [3.63, 3.8) is 0 Å². The first-order chi connectivity index (χ1) is 8.87. The second-order valence-electron chi connectivity index (χ2n) is 6.06. The van der Waals surface area contributed by atoms with Crippen molar-refractivity contribution in [2.45, 2.75) is 38.8 Å². The minimum absolute atomic E-state index is 0.0451. The van der Waals surface area contributed by atoms with E-state index >= 15 is 0 Å². The molecule has 0 spiro atoms. The van der Waals surface area contributed by atoms with E-state index in [1.54, 1.807) is 0 Å². The molecule has 106 valence electrons. The third-order valence-corrected chi connectivity index (χ3v) is 3.15. The van der Waals surface area contributed by atoms with Crippen molar-refractivity contribution >= 4 is 17.6 Å². The van der Waals surface area contributed by atoms with Gasteiger partial charge in [-0.25, -0.2) is 0 Å². The molecule has 1 aliphatic rings. The average Bonchev–Trinajstić information content (AvgIpc) is 2.74. The lowest BCUT2D eigenvalue weighted by molar-refractivity contribution is 0.616. The molecule has 2 rings (SSSR count). The number of nitrogens with one attached hydrogen (secondary N) is 2. The van der Waals surface area contributed by atoms with Gasteiger partial charge in [-0.05, 0) is 34.2 Å². The minimum atomic E-state index is -0.0451. The molecule has 0 unspecified atom stereocenters. The van der Waals surface area contributed by atoms with E-state index in [2.05, 4.69) is 46.3 Å². The van der Waals surface area contributed by atoms with Crippen LogP contribution in [0.3, 0.4) is 0 Å². The zero-order valence-electron chi connectivity index (χ0n) is 12.2. The fourth-order valence-electron chi connectivity index (χ4n) is 2.27. The Morgan fingerprint density at radius 3 is 2.68 bits per heavy atom. The molecule has 19 heavy (non-hydrogen) atoms. The molecule has 2 heterocycles. The number of aromatic nitrogens is 2. The van der Waals surface area contributed by atoms with Crippen LogP contribution < -0.4 is 21.3 Å². The maximum absolute atomic E-state index is 5.81. The summed E-state index contributed by atoms with van der Waals surface area (Å²) in [6.07, 6.45) is 1.13. The molecule has 1 atom stereocenters. The van der Waals surface area contributed by atoms with Gasteiger partial charge in [0.1, 0.15) is 11.6 Å². The van der Waals surface area contributed by atoms with Gasteiger partial charge in [-0.2, -0.15) is 9.97 Å². The van der Waals surface area contributed by atoms with Crippen LogP contribution in [0, 0.1) is 0 Å². The number of rotatable bonds is 3. The van der Waals surface area contributed by atoms with Gasteiger partial charge in [0, 0.05) is 30.7 Å². The largest absolute Gasteiger partial charge is 0.368 e. The second-order valence-corrected chi connectivity index (χ2v) is 6.06. The van der Waals surface area contributed by atoms with Crippen LogP contribution in [0.25, 0.3) is 0 Å². The number of nitrogen functional groups attached to an aromatic ring is 1. The molecule has 1 aliphatic heterocycles. The molecule has 0 saturated carbocycles. The van der Waals surface area contributed by atoms with Gasteiger partial charge in [0.25, 0.3) is 0 Å². The SMILES string of the molecule is CN[C@H]1CCN(c2cc(NC(C)(C)C)nc(N)n2)C1. The maximum atomic E-state index is 5.81. The monoisotopic (exact) mass is 264 g/mol. The highest BCUT2D eigenvalue weighted by molar-refractivity contribution is 5.54. The van der Waals surface area contributed by atoms with Crippen molar-refractivity contribution in [1.29, 1.82) is 0 Å². The summed E-state index contributed by atoms with van der Waals surface area (Å²) < 4.78 is 0. The average molecular weight is 264 g/mol. The number of nitrogens with two attached hydrogens (primary N) is 1. The molecular weight excluding hydrogens is 240 g/mol. The summed E-state index contributed by atoms with van der Waals surface area (Å²) in [7, 11) is 2.00. The van der Waals surface area contributed by atoms with E-state index in [1.165, 1.54) is 0 Å². The molecule has 4 N–H and O–H groups in total. The second kappa shape index (κ2) is 5.21. The molecule has 0 radical (unpaired) electrons. The molecule has 1 saturated heterocycles. The first-order valence-corrected chi connectivity index (χ1v) is 6.72. The summed E-state index contributed by atoms with van der Waals surface area (Å²) in [4.78, 5) is 10.8. The molecule has 0 aromatic carbocycles. The van der Waals surface area contributed by atoms with Gasteiger partial charge in [0.15, 0.2) is 0 Å². The van der Waals surface area contributed by atoms with Gasteiger partial charge in [0.2, 0.25) is 5.95 Å². The predicted molar refractivity (Wildman–Crippen MR) is 79.5 cm³/mol. The normalized spacial score (nSPS) is 19.8. The Kier molecular flexibility index (Phi) is 3.80. The van der Waals surface area contributed by atoms with Crippen LogP contribution in [-0.2, 0) is 0 Å². The Morgan fingerprint density at radius 2 is 2.11 bits per heavy atom. The van der Waals surface area contributed by atoms with Crippen LogP contribution >= 0.6 is 0 Å². The number of nitrogens with zero attached hydrogens (tertiary/aromatic N) is 3. The maximum Gasteiger partial charge on any atom is 0.223 e. The van der Waals surface area contributed by atoms with E-state index in [1.807, 2.05) is 13.1 Å². The van der Waals surface area contributed by atoms with Crippen molar-refractivity contribution in [2.75, 3.05) is 36.1 Å². The van der Waals surface area contributed by atoms with Crippen molar-refractivity contribution in [1.82, 2.24) is 15.3 Å². The smallest absolute Gasteiger partial charge is 0.223 e. The topological polar surface area (TPSA) is 79.1 Å². The third kappa shape index (κ3) is 3.70. The lowest BCUT2D eigenvalue weighted by Crippen LogP contribution is -2.30. The first-order valence-electron chi connectivity index (χ1n) is 6.72. The number of likely N-dealkylation sites (N-methyl/N-ethyl adjacent to an activating group) is 1. The number of hydrogen-bond donors (Lipinski definition) is 3. The van der Waals surface area contributed by atoms with Crippen LogP contribution in [0.4, 0.5) is 17.6 Å². The summed E-state index contributed by atoms with van der Waals surface area (Å²) in [5.74, 6) is 2.00. The first kappa shape index (κ1) is 13.9. The van der Waals surface area contributed by atoms with E-state index in [0.717, 1.165) is 31.1 Å². The Hall–Kier alpha value is -1.56. The summed E-state index contributed by atoms with van der Waals surface area (Å²) in [5, 5.41) is 6.64. The predicted octanol–water partition coefficient (Wildman–Crippen LogP) is 1.07. The van der Waals surface area contributed by atoms with Gasteiger partial charge in [-0.3, -0.25) is 0 Å². The van der Waals surface area contributed by atoms with Crippen LogP contribution in [0.1, 0.15) is 27.2 Å². The summed E-state index contributed by atoms with van der Waals surface area (Å²) in [5.41, 5.74) is 5.76. The van der Waals surface area contributed by atoms with Crippen molar-refractivity contribution < 1.29 is 0 Å². The van der Waals surface area contributed by atoms with Gasteiger partial charge in [-0.1, -0.05) is 0 Å². The number of anilines is 3. The molecule has 1 fully saturated rings. The lowest BCUT2D eigenvalue weighted by atomic mass is 10.1. The lowest BCUT2D eigenvalue weighted by Gasteiger charge is -2.23. The Balaban J connectivity index is 2.17. The molecule has 0 aliphatic carbocycles. The van der Waals surface area contributed by atoms with Crippen molar-refractivity contribution in [3.05, 3.63) is 6.07 Å². The van der Waals surface area contributed by atoms with Gasteiger partial charge in [-0.15, -0.1) is 0 Å². The van der Waals surface area contributed by atoms with Gasteiger partial charge in [0.05, 0.1) is 0 Å². The molecule has 0 amide bonds. The van der Waals surface area contributed by atoms with Crippen LogP contribution in [0.5, 0.6) is 0 Å². The van der Waals surface area contributed by atoms with Crippen LogP contribution in [0.15, 0.2) is 6.07 Å². The Morgan fingerprint density at radius 1 is 1.37 bits per heavy atom. The molecular formula is C13H24N6. The van der Waals surface area contributed by atoms with Crippen molar-refractivity contribution in [2.24, 2.45) is 0 Å². The van der Waals surface area contributed by atoms with Crippen molar-refractivity contribution in [3.8, 4) is 0 Å². The van der Waals surface area contributed by atoms with Gasteiger partial charge >= 0.3 is 0 Å². The molecule has 0 bridgehead atoms. The van der Waals surface area contributed by atoms with E-state index in [9.17, 15) is 0 Å². The number of hydrogen-bond acceptors (Lipinski definition) is 6. The highest BCUT2D eigenvalue weighted by Crippen LogP contribution is 2.23. The summed E-state index contributed by atoms with van der Waals surface area (Å²) in [6, 6.07) is 2.50. The highest BCUT2D eigenvalue weighted by Gasteiger charge is 2.23. The van der Waals surface area contributed by atoms with E-state index < -0.39 is 0 Å². The fraction of sp³-hybridized carbons (Fsp3) is 0.692. The molecule has 6 nitrogen and oxygen atoms in total. The zero-order chi connectivity index (χ0) is 14.0. The molecule has 6 heteroatoms. The van der Waals surface area contributed by atoms with E-state index in [-0.39, 0.29) is 5.54 Å². The van der Waals surface area contributed by atoms with Gasteiger partial charge < -0.3 is 21.3 Å². The Labute approximate surface area is 114 Å². The third-order valence-electron chi connectivity index (χ3n) is 3.15. The summed E-state index contributed by atoms with van der Waals surface area (Å²) in [6.45, 7) is 8.24. The Bertz CT molecular complexity index is 439. The highest BCUT2D eigenvalue weighted by atomic mass is 15.3. The van der Waals surface area contributed by atoms with Crippen LogP contribution in [-0.4, -0.2) is 41.7 Å².